The number of nitrogens with two attached hydrogens (primary N) is 2. The molecule has 0 saturated heterocycles. The molecule has 19 heavy (non-hydrogen) atoms. The lowest BCUT2D eigenvalue weighted by Gasteiger charge is -2.12. The second-order valence-corrected chi connectivity index (χ2v) is 4.92. The number of halogens is 1. The first kappa shape index (κ1) is 13.5. The Hall–Kier alpha value is -1.88. The van der Waals surface area contributed by atoms with E-state index in [0.717, 1.165) is 15.6 Å². The van der Waals surface area contributed by atoms with Crippen molar-refractivity contribution in [1.82, 2.24) is 0 Å². The maximum absolute atomic E-state index is 6.02. The number of nitrogen functional groups attached to an aromatic ring is 2. The van der Waals surface area contributed by atoms with Gasteiger partial charge >= 0.3 is 0 Å². The summed E-state index contributed by atoms with van der Waals surface area (Å²) in [6.45, 7) is 0. The van der Waals surface area contributed by atoms with Crippen molar-refractivity contribution in [1.29, 1.82) is 0 Å². The van der Waals surface area contributed by atoms with Gasteiger partial charge in [0.05, 0.1) is 14.2 Å². The molecule has 0 radical (unpaired) electrons. The first-order valence-electron chi connectivity index (χ1n) is 5.63. The summed E-state index contributed by atoms with van der Waals surface area (Å²) >= 11 is 3.41. The summed E-state index contributed by atoms with van der Waals surface area (Å²) in [7, 11) is 3.22. The molecule has 2 aromatic rings. The predicted molar refractivity (Wildman–Crippen MR) is 81.5 cm³/mol. The van der Waals surface area contributed by atoms with Crippen molar-refractivity contribution in [2.45, 2.75) is 0 Å². The molecule has 100 valence electrons. The fourth-order valence-electron chi connectivity index (χ4n) is 1.82. The van der Waals surface area contributed by atoms with E-state index in [9.17, 15) is 0 Å². The van der Waals surface area contributed by atoms with Crippen LogP contribution in [0.5, 0.6) is 11.5 Å². The van der Waals surface area contributed by atoms with Gasteiger partial charge in [0.2, 0.25) is 0 Å². The monoisotopic (exact) mass is 322 g/mol. The van der Waals surface area contributed by atoms with Crippen LogP contribution in [-0.4, -0.2) is 14.2 Å². The van der Waals surface area contributed by atoms with Crippen molar-refractivity contribution in [3.8, 4) is 22.6 Å². The van der Waals surface area contributed by atoms with E-state index in [-0.39, 0.29) is 0 Å². The molecule has 0 bridgehead atoms. The maximum atomic E-state index is 6.02. The molecule has 0 amide bonds. The van der Waals surface area contributed by atoms with Crippen LogP contribution >= 0.6 is 15.9 Å². The Kier molecular flexibility index (Phi) is 3.85. The van der Waals surface area contributed by atoms with Crippen LogP contribution in [0.2, 0.25) is 0 Å². The van der Waals surface area contributed by atoms with E-state index in [1.165, 1.54) is 0 Å². The predicted octanol–water partition coefficient (Wildman–Crippen LogP) is 3.30. The van der Waals surface area contributed by atoms with Gasteiger partial charge in [0.15, 0.2) is 0 Å². The van der Waals surface area contributed by atoms with Gasteiger partial charge in [-0.3, -0.25) is 0 Å². The Bertz CT molecular complexity index is 592. The molecular weight excluding hydrogens is 308 g/mol. The van der Waals surface area contributed by atoms with Gasteiger partial charge in [0.25, 0.3) is 0 Å². The summed E-state index contributed by atoms with van der Waals surface area (Å²) in [5, 5.41) is 0. The van der Waals surface area contributed by atoms with Gasteiger partial charge in [-0.2, -0.15) is 0 Å². The van der Waals surface area contributed by atoms with Gasteiger partial charge in [-0.1, -0.05) is 0 Å². The molecule has 4 nitrogen and oxygen atoms in total. The molecule has 0 spiro atoms. The van der Waals surface area contributed by atoms with Gasteiger partial charge < -0.3 is 20.9 Å². The van der Waals surface area contributed by atoms with Crippen molar-refractivity contribution in [2.75, 3.05) is 25.7 Å². The molecule has 5 heteroatoms. The van der Waals surface area contributed by atoms with Crippen LogP contribution in [0.4, 0.5) is 11.4 Å². The number of benzene rings is 2. The van der Waals surface area contributed by atoms with Gasteiger partial charge in [-0.15, -0.1) is 0 Å². The zero-order chi connectivity index (χ0) is 14.0. The number of methoxy groups -OCH3 is 2. The fourth-order valence-corrected chi connectivity index (χ4v) is 2.16. The average molecular weight is 323 g/mol. The Morgan fingerprint density at radius 2 is 1.42 bits per heavy atom. The standard InChI is InChI=1S/C14H15BrN2O2/c1-18-9-3-8(4-10(5-9)19-2)11-6-12(15)14(17)7-13(11)16/h3-7H,16-17H2,1-2H3. The number of hydrogen-bond acceptors (Lipinski definition) is 4. The highest BCUT2D eigenvalue weighted by molar-refractivity contribution is 9.10. The molecule has 0 aliphatic rings. The number of anilines is 2. The fraction of sp³-hybridized carbons (Fsp3) is 0.143. The van der Waals surface area contributed by atoms with Crippen LogP contribution in [-0.2, 0) is 0 Å². The van der Waals surface area contributed by atoms with E-state index >= 15 is 0 Å². The van der Waals surface area contributed by atoms with E-state index in [0.29, 0.717) is 22.9 Å². The molecule has 0 heterocycles. The summed E-state index contributed by atoms with van der Waals surface area (Å²) < 4.78 is 11.3. The van der Waals surface area contributed by atoms with E-state index in [1.54, 1.807) is 20.3 Å². The summed E-state index contributed by atoms with van der Waals surface area (Å²) in [4.78, 5) is 0. The lowest BCUT2D eigenvalue weighted by molar-refractivity contribution is 0.394. The largest absolute Gasteiger partial charge is 0.497 e. The second-order valence-electron chi connectivity index (χ2n) is 4.06. The first-order valence-corrected chi connectivity index (χ1v) is 6.42. The van der Waals surface area contributed by atoms with Gasteiger partial charge in [-0.05, 0) is 45.8 Å². The third-order valence-electron chi connectivity index (χ3n) is 2.83. The van der Waals surface area contributed by atoms with E-state index in [1.807, 2.05) is 24.3 Å². The summed E-state index contributed by atoms with van der Waals surface area (Å²) in [5.41, 5.74) is 14.8. The zero-order valence-electron chi connectivity index (χ0n) is 10.7. The minimum Gasteiger partial charge on any atom is -0.497 e. The van der Waals surface area contributed by atoms with E-state index in [4.69, 9.17) is 20.9 Å². The quantitative estimate of drug-likeness (QED) is 0.850. The van der Waals surface area contributed by atoms with E-state index < -0.39 is 0 Å². The lowest BCUT2D eigenvalue weighted by atomic mass is 10.0. The van der Waals surface area contributed by atoms with Crippen LogP contribution in [0.3, 0.4) is 0 Å². The smallest absolute Gasteiger partial charge is 0.123 e. The molecule has 0 aliphatic heterocycles. The number of hydrogen-bond donors (Lipinski definition) is 2. The minimum absolute atomic E-state index is 0.607. The first-order chi connectivity index (χ1) is 9.05. The molecule has 0 aromatic heterocycles. The molecule has 4 N–H and O–H groups in total. The number of ether oxygens (including phenoxy) is 2. The Morgan fingerprint density at radius 3 is 1.95 bits per heavy atom. The zero-order valence-corrected chi connectivity index (χ0v) is 12.3. The van der Waals surface area contributed by atoms with Crippen LogP contribution < -0.4 is 20.9 Å². The normalized spacial score (nSPS) is 10.3. The molecule has 0 fully saturated rings. The molecule has 0 unspecified atom stereocenters. The second kappa shape index (κ2) is 5.40. The SMILES string of the molecule is COc1cc(OC)cc(-c2cc(Br)c(N)cc2N)c1. The average Bonchev–Trinajstić information content (AvgIpc) is 2.42. The van der Waals surface area contributed by atoms with Crippen LogP contribution in [0.25, 0.3) is 11.1 Å². The maximum Gasteiger partial charge on any atom is 0.123 e. The summed E-state index contributed by atoms with van der Waals surface area (Å²) in [6.07, 6.45) is 0. The molecule has 0 saturated carbocycles. The van der Waals surface area contributed by atoms with Crippen molar-refractivity contribution in [2.24, 2.45) is 0 Å². The van der Waals surface area contributed by atoms with Gasteiger partial charge in [0, 0.05) is 27.5 Å². The summed E-state index contributed by atoms with van der Waals surface area (Å²) in [6, 6.07) is 9.23. The Morgan fingerprint density at radius 1 is 0.842 bits per heavy atom. The van der Waals surface area contributed by atoms with Crippen molar-refractivity contribution in [3.05, 3.63) is 34.8 Å². The van der Waals surface area contributed by atoms with E-state index in [2.05, 4.69) is 15.9 Å². The van der Waals surface area contributed by atoms with Crippen molar-refractivity contribution in [3.63, 3.8) is 0 Å². The van der Waals surface area contributed by atoms with Gasteiger partial charge in [0.1, 0.15) is 11.5 Å². The van der Waals surface area contributed by atoms with Crippen molar-refractivity contribution < 1.29 is 9.47 Å². The highest BCUT2D eigenvalue weighted by Crippen LogP contribution is 2.36. The molecule has 0 aliphatic carbocycles. The Balaban J connectivity index is 2.61. The summed E-state index contributed by atoms with van der Waals surface area (Å²) in [5.74, 6) is 1.42. The third kappa shape index (κ3) is 2.76. The molecule has 2 aromatic carbocycles. The third-order valence-corrected chi connectivity index (χ3v) is 3.52. The molecular formula is C14H15BrN2O2. The lowest BCUT2D eigenvalue weighted by Crippen LogP contribution is -1.96. The van der Waals surface area contributed by atoms with Crippen LogP contribution in [0, 0.1) is 0 Å². The number of rotatable bonds is 3. The topological polar surface area (TPSA) is 70.5 Å². The molecule has 2 rings (SSSR count). The van der Waals surface area contributed by atoms with Gasteiger partial charge in [-0.25, -0.2) is 0 Å². The Labute approximate surface area is 120 Å². The van der Waals surface area contributed by atoms with Crippen LogP contribution in [0.15, 0.2) is 34.8 Å². The minimum atomic E-state index is 0.607. The highest BCUT2D eigenvalue weighted by Gasteiger charge is 2.09. The molecule has 0 atom stereocenters. The van der Waals surface area contributed by atoms with Crippen LogP contribution in [0.1, 0.15) is 0 Å². The van der Waals surface area contributed by atoms with Crippen molar-refractivity contribution >= 4 is 27.3 Å². The highest BCUT2D eigenvalue weighted by atomic mass is 79.9.